The molecular weight excluding hydrogens is 408 g/mol. The summed E-state index contributed by atoms with van der Waals surface area (Å²) in [7, 11) is 0. The number of nitrogens with one attached hydrogen (secondary N) is 1. The van der Waals surface area contributed by atoms with Gasteiger partial charge in [0.15, 0.2) is 0 Å². The molecule has 0 aliphatic carbocycles. The molecule has 1 aliphatic heterocycles. The Morgan fingerprint density at radius 2 is 1.94 bits per heavy atom. The average molecular weight is 451 g/mol. The summed E-state index contributed by atoms with van der Waals surface area (Å²) in [5.41, 5.74) is -0.335. The van der Waals surface area contributed by atoms with Crippen molar-refractivity contribution in [3.05, 3.63) is 25.3 Å². The van der Waals surface area contributed by atoms with Gasteiger partial charge in [-0.3, -0.25) is 14.4 Å². The van der Waals surface area contributed by atoms with E-state index in [9.17, 15) is 19.5 Å². The molecule has 2 N–H and O–H groups in total. The number of likely N-dealkylation sites (tertiary alicyclic amines) is 1. The minimum absolute atomic E-state index is 0.0604. The molecule has 1 saturated heterocycles. The fraction of sp³-hybridized carbons (Fsp3) is 0.720. The number of hydrogen-bond donors (Lipinski definition) is 2. The maximum Gasteiger partial charge on any atom is 0.305 e. The van der Waals surface area contributed by atoms with Gasteiger partial charge in [0.1, 0.15) is 6.61 Å². The van der Waals surface area contributed by atoms with E-state index in [1.807, 2.05) is 26.8 Å². The number of ether oxygens (including phenoxy) is 1. The van der Waals surface area contributed by atoms with E-state index >= 15 is 0 Å². The number of esters is 1. The quantitative estimate of drug-likeness (QED) is 0.240. The second-order valence-corrected chi connectivity index (χ2v) is 9.64. The van der Waals surface area contributed by atoms with Crippen molar-refractivity contribution in [1.29, 1.82) is 0 Å². The van der Waals surface area contributed by atoms with Gasteiger partial charge < -0.3 is 20.1 Å². The van der Waals surface area contributed by atoms with Crippen molar-refractivity contribution in [2.45, 2.75) is 84.2 Å². The zero-order valence-corrected chi connectivity index (χ0v) is 20.1. The topological polar surface area (TPSA) is 95.9 Å². The van der Waals surface area contributed by atoms with Gasteiger partial charge in [-0.05, 0) is 43.9 Å². The Morgan fingerprint density at radius 1 is 1.22 bits per heavy atom. The Morgan fingerprint density at radius 3 is 2.53 bits per heavy atom. The van der Waals surface area contributed by atoms with Crippen molar-refractivity contribution in [3.8, 4) is 0 Å². The molecule has 0 bridgehead atoms. The first-order chi connectivity index (χ1) is 15.1. The molecular formula is C25H42N2O5. The first-order valence-corrected chi connectivity index (χ1v) is 11.7. The van der Waals surface area contributed by atoms with E-state index in [0.717, 1.165) is 32.1 Å². The number of unbranched alkanes of at least 4 members (excludes halogenated alkanes) is 2. The molecule has 0 unspecified atom stereocenters. The van der Waals surface area contributed by atoms with Crippen LogP contribution in [-0.4, -0.2) is 59.6 Å². The number of nitrogens with zero attached hydrogens (tertiary/aromatic N) is 1. The predicted molar refractivity (Wildman–Crippen MR) is 126 cm³/mol. The zero-order chi connectivity index (χ0) is 24.1. The van der Waals surface area contributed by atoms with E-state index in [0.29, 0.717) is 19.4 Å². The molecule has 2 amide bonds. The lowest BCUT2D eigenvalue weighted by Crippen LogP contribution is -2.49. The number of carbonyl (C=O) groups is 3. The highest BCUT2D eigenvalue weighted by molar-refractivity contribution is 5.86. The van der Waals surface area contributed by atoms with E-state index in [1.54, 1.807) is 11.0 Å². The van der Waals surface area contributed by atoms with Gasteiger partial charge in [0.2, 0.25) is 11.8 Å². The van der Waals surface area contributed by atoms with Crippen LogP contribution >= 0.6 is 0 Å². The van der Waals surface area contributed by atoms with E-state index in [1.165, 1.54) is 0 Å². The Hall–Kier alpha value is -2.15. The monoisotopic (exact) mass is 450 g/mol. The first kappa shape index (κ1) is 27.9. The minimum atomic E-state index is -0.556. The van der Waals surface area contributed by atoms with Crippen LogP contribution in [0, 0.1) is 11.3 Å². The third-order valence-electron chi connectivity index (χ3n) is 5.96. The van der Waals surface area contributed by atoms with Crippen molar-refractivity contribution in [1.82, 2.24) is 10.2 Å². The van der Waals surface area contributed by atoms with Gasteiger partial charge in [0, 0.05) is 19.4 Å². The van der Waals surface area contributed by atoms with Crippen LogP contribution in [0.4, 0.5) is 0 Å². The molecule has 32 heavy (non-hydrogen) atoms. The zero-order valence-electron chi connectivity index (χ0n) is 20.1. The Bertz CT molecular complexity index is 641. The molecule has 0 spiro atoms. The summed E-state index contributed by atoms with van der Waals surface area (Å²) in [6.07, 6.45) is 8.39. The third-order valence-corrected chi connectivity index (χ3v) is 5.96. The molecule has 0 radical (unpaired) electrons. The minimum Gasteiger partial charge on any atom is -0.463 e. The highest BCUT2D eigenvalue weighted by Gasteiger charge is 2.33. The number of aliphatic hydroxyl groups excluding tert-OH is 1. The number of allylic oxidation sites excluding steroid dienone is 2. The van der Waals surface area contributed by atoms with Gasteiger partial charge in [-0.15, -0.1) is 13.2 Å². The molecule has 0 saturated carbocycles. The van der Waals surface area contributed by atoms with Crippen molar-refractivity contribution in [2.24, 2.45) is 11.3 Å². The van der Waals surface area contributed by atoms with E-state index < -0.39 is 5.92 Å². The second-order valence-electron chi connectivity index (χ2n) is 9.64. The molecule has 7 nitrogen and oxygen atoms in total. The molecule has 3 atom stereocenters. The largest absolute Gasteiger partial charge is 0.463 e. The summed E-state index contributed by atoms with van der Waals surface area (Å²) in [4.78, 5) is 39.6. The van der Waals surface area contributed by atoms with Crippen LogP contribution in [0.2, 0.25) is 0 Å². The van der Waals surface area contributed by atoms with E-state index in [-0.39, 0.29) is 54.9 Å². The van der Waals surface area contributed by atoms with Crippen molar-refractivity contribution in [3.63, 3.8) is 0 Å². The summed E-state index contributed by atoms with van der Waals surface area (Å²) in [6, 6.07) is -0.547. The van der Waals surface area contributed by atoms with Gasteiger partial charge in [-0.2, -0.15) is 0 Å². The van der Waals surface area contributed by atoms with Gasteiger partial charge >= 0.3 is 5.97 Å². The standard InChI is InChI=1S/C25H42N2O5/c1-6-8-9-10-14-23(30)32-18-21(25(3,4)5)26-24(31)19(12-7-2)16-22(29)27-15-11-13-20(27)17-28/h6-7,19-21,28H,1-2,8-18H2,3-5H3,(H,26,31)/t19-,20-,21+/m0/s1. The van der Waals surface area contributed by atoms with Crippen LogP contribution in [0.3, 0.4) is 0 Å². The lowest BCUT2D eigenvalue weighted by molar-refractivity contribution is -0.146. The highest BCUT2D eigenvalue weighted by atomic mass is 16.5. The summed E-state index contributed by atoms with van der Waals surface area (Å²) in [6.45, 7) is 13.9. The molecule has 7 heteroatoms. The highest BCUT2D eigenvalue weighted by Crippen LogP contribution is 2.23. The summed E-state index contributed by atoms with van der Waals surface area (Å²) < 4.78 is 5.44. The van der Waals surface area contributed by atoms with Crippen molar-refractivity contribution >= 4 is 17.8 Å². The van der Waals surface area contributed by atoms with Crippen LogP contribution in [0.5, 0.6) is 0 Å². The summed E-state index contributed by atoms with van der Waals surface area (Å²) in [5.74, 6) is -1.21. The van der Waals surface area contributed by atoms with Gasteiger partial charge in [0.25, 0.3) is 0 Å². The number of aliphatic hydroxyl groups is 1. The lowest BCUT2D eigenvalue weighted by Gasteiger charge is -2.32. The predicted octanol–water partition coefficient (Wildman–Crippen LogP) is 3.37. The summed E-state index contributed by atoms with van der Waals surface area (Å²) >= 11 is 0. The normalized spacial score (nSPS) is 18.0. The molecule has 1 aliphatic rings. The molecule has 0 aromatic heterocycles. The number of amides is 2. The molecule has 1 fully saturated rings. The Kier molecular flexibility index (Phi) is 12.3. The van der Waals surface area contributed by atoms with Crippen LogP contribution in [0.15, 0.2) is 25.3 Å². The SMILES string of the molecule is C=CCCCCC(=O)OC[C@@H](NC(=O)[C@@H](CC=C)CC(=O)N1CCC[C@H]1CO)C(C)(C)C. The lowest BCUT2D eigenvalue weighted by atomic mass is 9.86. The number of rotatable bonds is 14. The van der Waals surface area contributed by atoms with Crippen molar-refractivity contribution in [2.75, 3.05) is 19.8 Å². The summed E-state index contributed by atoms with van der Waals surface area (Å²) in [5, 5.41) is 12.5. The molecule has 182 valence electrons. The Labute approximate surface area is 193 Å². The van der Waals surface area contributed by atoms with E-state index in [2.05, 4.69) is 18.5 Å². The maximum absolute atomic E-state index is 13.1. The van der Waals surface area contributed by atoms with Gasteiger partial charge in [-0.1, -0.05) is 32.9 Å². The van der Waals surface area contributed by atoms with Gasteiger partial charge in [-0.25, -0.2) is 0 Å². The first-order valence-electron chi connectivity index (χ1n) is 11.7. The molecule has 0 aromatic carbocycles. The molecule has 1 heterocycles. The number of carbonyl (C=O) groups excluding carboxylic acids is 3. The van der Waals surface area contributed by atoms with Crippen molar-refractivity contribution < 1.29 is 24.2 Å². The van der Waals surface area contributed by atoms with Crippen LogP contribution in [-0.2, 0) is 19.1 Å². The Balaban J connectivity index is 2.70. The average Bonchev–Trinajstić information content (AvgIpc) is 3.22. The molecule has 1 rings (SSSR count). The second kappa shape index (κ2) is 14.1. The molecule has 0 aromatic rings. The third kappa shape index (κ3) is 9.55. The van der Waals surface area contributed by atoms with Crippen LogP contribution in [0.25, 0.3) is 0 Å². The van der Waals surface area contributed by atoms with Crippen LogP contribution in [0.1, 0.15) is 72.1 Å². The number of hydrogen-bond acceptors (Lipinski definition) is 5. The van der Waals surface area contributed by atoms with Gasteiger partial charge in [0.05, 0.1) is 24.6 Å². The fourth-order valence-electron chi connectivity index (χ4n) is 3.77. The van der Waals surface area contributed by atoms with Crippen LogP contribution < -0.4 is 5.32 Å². The fourth-order valence-corrected chi connectivity index (χ4v) is 3.77. The smallest absolute Gasteiger partial charge is 0.305 e. The van der Waals surface area contributed by atoms with E-state index in [4.69, 9.17) is 4.74 Å². The maximum atomic E-state index is 13.1.